The van der Waals surface area contributed by atoms with Gasteiger partial charge in [-0.2, -0.15) is 0 Å². The molecule has 4 aromatic rings. The summed E-state index contributed by atoms with van der Waals surface area (Å²) in [5.41, 5.74) is 6.26. The molecule has 0 aliphatic carbocycles. The number of anilines is 1. The van der Waals surface area contributed by atoms with Gasteiger partial charge < -0.3 is 19.9 Å². The summed E-state index contributed by atoms with van der Waals surface area (Å²) < 4.78 is 38.6. The molecule has 3 N–H and O–H groups in total. The number of aliphatic hydroxyl groups excluding tert-OH is 1. The first-order valence-electron chi connectivity index (χ1n) is 13.6. The minimum atomic E-state index is -3.56. The number of hydrogen-bond donors (Lipinski definition) is 3. The number of hydrogen-bond acceptors (Lipinski definition) is 6. The lowest BCUT2D eigenvalue weighted by Crippen LogP contribution is -2.35. The molecule has 4 aromatic carbocycles. The highest BCUT2D eigenvalue weighted by atomic mass is 32.2. The Morgan fingerprint density at radius 2 is 1.46 bits per heavy atom. The highest BCUT2D eigenvalue weighted by Crippen LogP contribution is 2.32. The van der Waals surface area contributed by atoms with Crippen LogP contribution in [0.25, 0.3) is 11.1 Å². The maximum atomic E-state index is 12.0. The molecule has 0 radical (unpaired) electrons. The molecule has 0 bridgehead atoms. The number of nitrogens with one attached hydrogen (secondary N) is 2. The molecule has 0 aliphatic rings. The van der Waals surface area contributed by atoms with E-state index in [4.69, 9.17) is 9.47 Å². The third-order valence-electron chi connectivity index (χ3n) is 6.73. The van der Waals surface area contributed by atoms with Crippen LogP contribution in [0, 0.1) is 13.8 Å². The van der Waals surface area contributed by atoms with Crippen LogP contribution in [0.3, 0.4) is 0 Å². The molecule has 41 heavy (non-hydrogen) atoms. The molecule has 8 heteroatoms. The molecule has 0 spiro atoms. The summed E-state index contributed by atoms with van der Waals surface area (Å²) in [6, 6.07) is 28.8. The minimum Gasteiger partial charge on any atom is -0.492 e. The predicted molar refractivity (Wildman–Crippen MR) is 165 cm³/mol. The molecule has 0 saturated carbocycles. The van der Waals surface area contributed by atoms with Crippen LogP contribution >= 0.6 is 0 Å². The zero-order valence-corrected chi connectivity index (χ0v) is 24.7. The molecule has 2 atom stereocenters. The fraction of sp³-hybridized carbons (Fsp3) is 0.273. The highest BCUT2D eigenvalue weighted by molar-refractivity contribution is 7.92. The van der Waals surface area contributed by atoms with Crippen LogP contribution in [0.15, 0.2) is 91.0 Å². The van der Waals surface area contributed by atoms with E-state index in [1.54, 1.807) is 18.2 Å². The van der Waals surface area contributed by atoms with Gasteiger partial charge in [0.15, 0.2) is 0 Å². The lowest BCUT2D eigenvalue weighted by molar-refractivity contribution is 0.133. The third-order valence-corrected chi connectivity index (χ3v) is 7.32. The molecule has 0 fully saturated rings. The van der Waals surface area contributed by atoms with Crippen LogP contribution in [0.1, 0.15) is 35.3 Å². The van der Waals surface area contributed by atoms with Gasteiger partial charge in [-0.1, -0.05) is 66.7 Å². The van der Waals surface area contributed by atoms with Crippen molar-refractivity contribution in [2.75, 3.05) is 24.1 Å². The maximum Gasteiger partial charge on any atom is 0.229 e. The largest absolute Gasteiger partial charge is 0.492 e. The van der Waals surface area contributed by atoms with Crippen LogP contribution in [-0.4, -0.2) is 39.0 Å². The van der Waals surface area contributed by atoms with Gasteiger partial charge in [0.05, 0.1) is 18.0 Å². The van der Waals surface area contributed by atoms with E-state index >= 15 is 0 Å². The molecule has 0 saturated heterocycles. The first kappa shape index (κ1) is 30.1. The molecular formula is C33H38N2O5S. The van der Waals surface area contributed by atoms with Gasteiger partial charge in [-0.3, -0.25) is 4.72 Å². The standard InChI is InChI=1S/C33H38N2O5S/c1-23-19-29(27-13-9-6-10-14-27)20-24(2)33(23)39-18-17-34-25(3)32(36)28-15-16-31(30(21-28)35-41(4,37)38)40-22-26-11-7-5-8-12-26/h5-16,19-21,25,32,34-36H,17-18,22H2,1-4H3/t25-,32-/m0/s1. The summed E-state index contributed by atoms with van der Waals surface area (Å²) in [4.78, 5) is 0. The summed E-state index contributed by atoms with van der Waals surface area (Å²) in [5.74, 6) is 1.25. The van der Waals surface area contributed by atoms with Crippen molar-refractivity contribution in [2.24, 2.45) is 0 Å². The molecule has 0 heterocycles. The zero-order chi connectivity index (χ0) is 29.4. The second kappa shape index (κ2) is 13.7. The number of ether oxygens (including phenoxy) is 2. The van der Waals surface area contributed by atoms with Crippen LogP contribution in [0.4, 0.5) is 5.69 Å². The zero-order valence-electron chi connectivity index (χ0n) is 23.9. The lowest BCUT2D eigenvalue weighted by Gasteiger charge is -2.23. The summed E-state index contributed by atoms with van der Waals surface area (Å²) in [7, 11) is -3.56. The summed E-state index contributed by atoms with van der Waals surface area (Å²) >= 11 is 0. The smallest absolute Gasteiger partial charge is 0.229 e. The number of benzene rings is 4. The Hall–Kier alpha value is -3.85. The van der Waals surface area contributed by atoms with E-state index in [0.29, 0.717) is 24.5 Å². The van der Waals surface area contributed by atoms with E-state index in [9.17, 15) is 13.5 Å². The predicted octanol–water partition coefficient (Wildman–Crippen LogP) is 6.01. The average Bonchev–Trinajstić information content (AvgIpc) is 2.95. The van der Waals surface area contributed by atoms with E-state index in [1.807, 2.05) is 69.3 Å². The first-order valence-corrected chi connectivity index (χ1v) is 15.5. The molecular weight excluding hydrogens is 536 g/mol. The fourth-order valence-corrected chi connectivity index (χ4v) is 5.25. The van der Waals surface area contributed by atoms with Crippen molar-refractivity contribution in [2.45, 2.75) is 39.5 Å². The Balaban J connectivity index is 1.36. The van der Waals surface area contributed by atoms with Gasteiger partial charge in [0.2, 0.25) is 10.0 Å². The molecule has 4 rings (SSSR count). The van der Waals surface area contributed by atoms with Gasteiger partial charge in [-0.05, 0) is 78.4 Å². The van der Waals surface area contributed by atoms with Crippen molar-refractivity contribution in [1.29, 1.82) is 0 Å². The molecule has 7 nitrogen and oxygen atoms in total. The Morgan fingerprint density at radius 3 is 2.10 bits per heavy atom. The third kappa shape index (κ3) is 8.57. The van der Waals surface area contributed by atoms with Crippen molar-refractivity contribution in [1.82, 2.24) is 5.32 Å². The van der Waals surface area contributed by atoms with Gasteiger partial charge in [-0.15, -0.1) is 0 Å². The van der Waals surface area contributed by atoms with E-state index in [2.05, 4.69) is 34.3 Å². The maximum absolute atomic E-state index is 12.0. The van der Waals surface area contributed by atoms with Gasteiger partial charge in [0, 0.05) is 12.6 Å². The molecule has 216 valence electrons. The Bertz CT molecular complexity index is 1520. The molecule has 0 aliphatic heterocycles. The van der Waals surface area contributed by atoms with E-state index in [0.717, 1.165) is 34.3 Å². The van der Waals surface area contributed by atoms with Crippen molar-refractivity contribution >= 4 is 15.7 Å². The summed E-state index contributed by atoms with van der Waals surface area (Å²) in [6.45, 7) is 7.20. The Kier molecular flexibility index (Phi) is 10.0. The normalized spacial score (nSPS) is 12.9. The average molecular weight is 575 g/mol. The number of aryl methyl sites for hydroxylation is 2. The topological polar surface area (TPSA) is 96.9 Å². The van der Waals surface area contributed by atoms with Crippen molar-refractivity contribution in [3.8, 4) is 22.6 Å². The van der Waals surface area contributed by atoms with Crippen LogP contribution in [0.2, 0.25) is 0 Å². The Morgan fingerprint density at radius 1 is 0.829 bits per heavy atom. The van der Waals surface area contributed by atoms with Crippen molar-refractivity contribution in [3.05, 3.63) is 113 Å². The van der Waals surface area contributed by atoms with Crippen molar-refractivity contribution < 1.29 is 23.0 Å². The number of sulfonamides is 1. The first-order chi connectivity index (χ1) is 19.6. The van der Waals surface area contributed by atoms with Gasteiger partial charge >= 0.3 is 0 Å². The van der Waals surface area contributed by atoms with Crippen LogP contribution in [0.5, 0.6) is 11.5 Å². The summed E-state index contributed by atoms with van der Waals surface area (Å²) in [5, 5.41) is 14.3. The number of rotatable bonds is 13. The van der Waals surface area contributed by atoms with Gasteiger partial charge in [-0.25, -0.2) is 8.42 Å². The highest BCUT2D eigenvalue weighted by Gasteiger charge is 2.19. The lowest BCUT2D eigenvalue weighted by atomic mass is 10.00. The van der Waals surface area contributed by atoms with Crippen molar-refractivity contribution in [3.63, 3.8) is 0 Å². The monoisotopic (exact) mass is 574 g/mol. The second-order valence-corrected chi connectivity index (χ2v) is 12.0. The molecule has 0 aromatic heterocycles. The molecule has 0 unspecified atom stereocenters. The number of aliphatic hydroxyl groups is 1. The van der Waals surface area contributed by atoms with Gasteiger partial charge in [0.1, 0.15) is 24.7 Å². The quantitative estimate of drug-likeness (QED) is 0.169. The van der Waals surface area contributed by atoms with Gasteiger partial charge in [0.25, 0.3) is 0 Å². The Labute approximate surface area is 243 Å². The van der Waals surface area contributed by atoms with E-state index < -0.39 is 16.1 Å². The fourth-order valence-electron chi connectivity index (χ4n) is 4.69. The molecule has 0 amide bonds. The van der Waals surface area contributed by atoms with E-state index in [-0.39, 0.29) is 18.3 Å². The summed E-state index contributed by atoms with van der Waals surface area (Å²) in [6.07, 6.45) is 0.201. The van der Waals surface area contributed by atoms with Crippen LogP contribution in [-0.2, 0) is 16.6 Å². The SMILES string of the molecule is Cc1cc(-c2ccccc2)cc(C)c1OCCN[C@@H](C)[C@H](O)c1ccc(OCc2ccccc2)c(NS(C)(=O)=O)c1. The minimum absolute atomic E-state index is 0.278. The second-order valence-electron chi connectivity index (χ2n) is 10.2. The van der Waals surface area contributed by atoms with E-state index in [1.165, 1.54) is 5.56 Å². The van der Waals surface area contributed by atoms with Crippen LogP contribution < -0.4 is 19.5 Å².